The third-order valence-electron chi connectivity index (χ3n) is 2.50. The first-order chi connectivity index (χ1) is 4.36. The fraction of sp³-hybridized carbons (Fsp3) is 1.00. The molecule has 0 bridgehead atoms. The Hall–Kier alpha value is -0.0800. The Kier molecular flexibility index (Phi) is 1.57. The molecule has 0 aromatic rings. The molecule has 1 fully saturated rings. The van der Waals surface area contributed by atoms with E-state index in [1.807, 2.05) is 0 Å². The van der Waals surface area contributed by atoms with E-state index in [9.17, 15) is 5.21 Å². The molecular weight excluding hydrogens is 126 g/mol. The maximum atomic E-state index is 9.62. The van der Waals surface area contributed by atoms with Crippen molar-refractivity contribution in [3.63, 3.8) is 0 Å². The van der Waals surface area contributed by atoms with E-state index in [0.717, 1.165) is 12.8 Å². The van der Waals surface area contributed by atoms with Crippen molar-refractivity contribution in [2.75, 3.05) is 0 Å². The van der Waals surface area contributed by atoms with Gasteiger partial charge in [-0.25, -0.2) is 0 Å². The average molecular weight is 143 g/mol. The second-order valence-corrected chi connectivity index (χ2v) is 4.44. The lowest BCUT2D eigenvalue weighted by Gasteiger charge is -2.34. The fourth-order valence-electron chi connectivity index (χ4n) is 1.64. The minimum absolute atomic E-state index is 0.0243. The van der Waals surface area contributed by atoms with Crippen LogP contribution in [0, 0.1) is 0 Å². The van der Waals surface area contributed by atoms with Crippen molar-refractivity contribution >= 4 is 0 Å². The van der Waals surface area contributed by atoms with E-state index in [1.165, 1.54) is 5.06 Å². The van der Waals surface area contributed by atoms with E-state index in [-0.39, 0.29) is 11.1 Å². The van der Waals surface area contributed by atoms with Crippen molar-refractivity contribution in [3.8, 4) is 0 Å². The molecule has 1 aliphatic heterocycles. The molecule has 1 heterocycles. The summed E-state index contributed by atoms with van der Waals surface area (Å²) in [5.74, 6) is 0. The van der Waals surface area contributed by atoms with Crippen molar-refractivity contribution in [1.82, 2.24) is 5.06 Å². The average Bonchev–Trinajstić information content (AvgIpc) is 1.95. The maximum absolute atomic E-state index is 9.62. The van der Waals surface area contributed by atoms with Gasteiger partial charge in [-0.05, 0) is 40.5 Å². The molecule has 60 valence electrons. The van der Waals surface area contributed by atoms with Crippen molar-refractivity contribution in [2.45, 2.75) is 51.6 Å². The van der Waals surface area contributed by atoms with Crippen LogP contribution < -0.4 is 0 Å². The summed E-state index contributed by atoms with van der Waals surface area (Å²) in [5.41, 5.74) is -0.0486. The zero-order valence-electron chi connectivity index (χ0n) is 7.31. The molecule has 10 heavy (non-hydrogen) atoms. The molecule has 2 heteroatoms. The Morgan fingerprint density at radius 1 is 1.00 bits per heavy atom. The zero-order chi connectivity index (χ0) is 7.99. The molecule has 1 N–H and O–H groups in total. The normalized spacial score (nSPS) is 30.9. The molecule has 1 aliphatic rings. The lowest BCUT2D eigenvalue weighted by Crippen LogP contribution is -2.45. The number of hydrogen-bond donors (Lipinski definition) is 1. The van der Waals surface area contributed by atoms with Gasteiger partial charge in [-0.15, -0.1) is 0 Å². The van der Waals surface area contributed by atoms with Crippen molar-refractivity contribution in [3.05, 3.63) is 0 Å². The van der Waals surface area contributed by atoms with E-state index in [2.05, 4.69) is 27.7 Å². The molecule has 0 aromatic carbocycles. The molecule has 0 amide bonds. The van der Waals surface area contributed by atoms with Crippen LogP contribution in [0.5, 0.6) is 0 Å². The monoisotopic (exact) mass is 143 g/mol. The van der Waals surface area contributed by atoms with Crippen LogP contribution in [0.4, 0.5) is 0 Å². The van der Waals surface area contributed by atoms with E-state index in [0.29, 0.717) is 0 Å². The highest BCUT2D eigenvalue weighted by Gasteiger charge is 2.43. The summed E-state index contributed by atoms with van der Waals surface area (Å²) >= 11 is 0. The first-order valence-electron chi connectivity index (χ1n) is 3.85. The van der Waals surface area contributed by atoms with Gasteiger partial charge in [0.1, 0.15) is 0 Å². The molecule has 0 saturated carbocycles. The highest BCUT2D eigenvalue weighted by atomic mass is 16.5. The van der Waals surface area contributed by atoms with Crippen LogP contribution in [-0.2, 0) is 0 Å². The third kappa shape index (κ3) is 1.06. The lowest BCUT2D eigenvalue weighted by molar-refractivity contribution is -0.191. The number of hydrogen-bond acceptors (Lipinski definition) is 2. The molecule has 0 unspecified atom stereocenters. The highest BCUT2D eigenvalue weighted by Crippen LogP contribution is 2.38. The summed E-state index contributed by atoms with van der Waals surface area (Å²) in [4.78, 5) is 0. The van der Waals surface area contributed by atoms with Crippen LogP contribution in [0.1, 0.15) is 40.5 Å². The summed E-state index contributed by atoms with van der Waals surface area (Å²) < 4.78 is 0. The molecule has 1 rings (SSSR count). The van der Waals surface area contributed by atoms with Crippen LogP contribution in [0.2, 0.25) is 0 Å². The van der Waals surface area contributed by atoms with Crippen molar-refractivity contribution in [1.29, 1.82) is 0 Å². The summed E-state index contributed by atoms with van der Waals surface area (Å²) in [5, 5.41) is 11.1. The summed E-state index contributed by atoms with van der Waals surface area (Å²) in [6, 6.07) is 0. The molecule has 0 spiro atoms. The van der Waals surface area contributed by atoms with Gasteiger partial charge in [-0.1, -0.05) is 0 Å². The van der Waals surface area contributed by atoms with Gasteiger partial charge in [0.2, 0.25) is 0 Å². The first-order valence-corrected chi connectivity index (χ1v) is 3.85. The van der Waals surface area contributed by atoms with Gasteiger partial charge in [0, 0.05) is 11.1 Å². The van der Waals surface area contributed by atoms with Crippen LogP contribution in [-0.4, -0.2) is 21.3 Å². The minimum Gasteiger partial charge on any atom is -0.313 e. The summed E-state index contributed by atoms with van der Waals surface area (Å²) in [7, 11) is 0. The van der Waals surface area contributed by atoms with Crippen LogP contribution in [0.25, 0.3) is 0 Å². The fourth-order valence-corrected chi connectivity index (χ4v) is 1.64. The Balaban J connectivity index is 2.77. The Morgan fingerprint density at radius 2 is 1.30 bits per heavy atom. The van der Waals surface area contributed by atoms with Gasteiger partial charge >= 0.3 is 0 Å². The Bertz CT molecular complexity index is 124. The number of nitrogens with zero attached hydrogens (tertiary/aromatic N) is 1. The van der Waals surface area contributed by atoms with Crippen LogP contribution in [0.15, 0.2) is 0 Å². The van der Waals surface area contributed by atoms with Crippen molar-refractivity contribution in [2.24, 2.45) is 0 Å². The molecule has 0 aromatic heterocycles. The number of hydroxylamine groups is 2. The Labute approximate surface area is 62.8 Å². The maximum Gasteiger partial charge on any atom is 0.0411 e. The standard InChI is InChI=1S/C8H17NO/c1-7(2)5-6-8(3,4)9(7)10/h10H,5-6H2,1-4H3. The first kappa shape index (κ1) is 8.02. The van der Waals surface area contributed by atoms with Gasteiger partial charge in [-0.3, -0.25) is 0 Å². The van der Waals surface area contributed by atoms with E-state index >= 15 is 0 Å². The van der Waals surface area contributed by atoms with Gasteiger partial charge in [-0.2, -0.15) is 5.06 Å². The zero-order valence-corrected chi connectivity index (χ0v) is 7.31. The van der Waals surface area contributed by atoms with Gasteiger partial charge in [0.05, 0.1) is 0 Å². The van der Waals surface area contributed by atoms with E-state index in [4.69, 9.17) is 0 Å². The molecule has 1 saturated heterocycles. The van der Waals surface area contributed by atoms with Crippen molar-refractivity contribution < 1.29 is 5.21 Å². The van der Waals surface area contributed by atoms with Gasteiger partial charge in [0.25, 0.3) is 0 Å². The molecule has 0 radical (unpaired) electrons. The predicted molar refractivity (Wildman–Crippen MR) is 41.0 cm³/mol. The number of rotatable bonds is 0. The molecule has 2 nitrogen and oxygen atoms in total. The summed E-state index contributed by atoms with van der Waals surface area (Å²) in [6.07, 6.45) is 2.16. The smallest absolute Gasteiger partial charge is 0.0411 e. The lowest BCUT2D eigenvalue weighted by atomic mass is 10.0. The molecule has 0 atom stereocenters. The quantitative estimate of drug-likeness (QED) is 0.561. The SMILES string of the molecule is CC1(C)CCC(C)(C)N1O. The van der Waals surface area contributed by atoms with Crippen LogP contribution >= 0.6 is 0 Å². The second-order valence-electron chi connectivity index (χ2n) is 4.44. The highest BCUT2D eigenvalue weighted by molar-refractivity contribution is 4.95. The van der Waals surface area contributed by atoms with Gasteiger partial charge in [0.15, 0.2) is 0 Å². The minimum atomic E-state index is -0.0243. The second kappa shape index (κ2) is 1.95. The topological polar surface area (TPSA) is 23.5 Å². The van der Waals surface area contributed by atoms with Crippen LogP contribution in [0.3, 0.4) is 0 Å². The largest absolute Gasteiger partial charge is 0.313 e. The predicted octanol–water partition coefficient (Wildman–Crippen LogP) is 2.03. The molecule has 0 aliphatic carbocycles. The Morgan fingerprint density at radius 3 is 1.40 bits per heavy atom. The third-order valence-corrected chi connectivity index (χ3v) is 2.50. The van der Waals surface area contributed by atoms with E-state index in [1.54, 1.807) is 0 Å². The van der Waals surface area contributed by atoms with Gasteiger partial charge < -0.3 is 5.21 Å². The van der Waals surface area contributed by atoms with E-state index < -0.39 is 0 Å². The summed E-state index contributed by atoms with van der Waals surface area (Å²) in [6.45, 7) is 8.28. The molecular formula is C8H17NO.